The molecule has 0 unspecified atom stereocenters. The van der Waals surface area contributed by atoms with Crippen LogP contribution in [0.15, 0.2) is 6.20 Å². The molecule has 1 aromatic rings. The van der Waals surface area contributed by atoms with Crippen LogP contribution in [-0.2, 0) is 13.0 Å². The molecule has 3 nitrogen and oxygen atoms in total. The Hall–Kier alpha value is -0.830. The maximum atomic E-state index is 3.94. The van der Waals surface area contributed by atoms with E-state index in [1.807, 2.05) is 33.9 Å². The predicted molar refractivity (Wildman–Crippen MR) is 56.7 cm³/mol. The molecule has 0 saturated carbocycles. The zero-order valence-electron chi connectivity index (χ0n) is 9.15. The highest BCUT2D eigenvalue weighted by Gasteiger charge is 2.08. The van der Waals surface area contributed by atoms with Gasteiger partial charge in [0.15, 0.2) is 0 Å². The van der Waals surface area contributed by atoms with E-state index >= 15 is 0 Å². The third kappa shape index (κ3) is 3.59. The number of nitrogens with one attached hydrogen (secondary N) is 2. The molecule has 1 aliphatic rings. The minimum Gasteiger partial charge on any atom is -0.312 e. The Labute approximate surface area is 80.9 Å². The number of rotatable bonds is 0. The van der Waals surface area contributed by atoms with Gasteiger partial charge in [0.25, 0.3) is 0 Å². The normalized spacial score (nSPS) is 12.9. The van der Waals surface area contributed by atoms with E-state index in [1.165, 1.54) is 11.3 Å². The van der Waals surface area contributed by atoms with E-state index in [0.717, 1.165) is 19.5 Å². The van der Waals surface area contributed by atoms with Gasteiger partial charge in [-0.15, -0.1) is 0 Å². The molecule has 0 fully saturated rings. The zero-order chi connectivity index (χ0) is 10.1. The monoisotopic (exact) mass is 183 g/mol. The summed E-state index contributed by atoms with van der Waals surface area (Å²) < 4.78 is 0. The Morgan fingerprint density at radius 1 is 1.23 bits per heavy atom. The molecule has 0 aromatic carbocycles. The lowest BCUT2D eigenvalue weighted by Crippen LogP contribution is -2.22. The molecule has 0 spiro atoms. The van der Waals surface area contributed by atoms with Crippen LogP contribution < -0.4 is 5.32 Å². The van der Waals surface area contributed by atoms with Crippen molar-refractivity contribution < 1.29 is 0 Å². The third-order valence-electron chi connectivity index (χ3n) is 1.67. The summed E-state index contributed by atoms with van der Waals surface area (Å²) in [5.41, 5.74) is 2.62. The van der Waals surface area contributed by atoms with Crippen molar-refractivity contribution in [2.24, 2.45) is 0 Å². The van der Waals surface area contributed by atoms with Crippen LogP contribution in [0.1, 0.15) is 39.0 Å². The van der Waals surface area contributed by atoms with Gasteiger partial charge >= 0.3 is 0 Å². The Morgan fingerprint density at radius 3 is 2.54 bits per heavy atom. The standard InChI is InChI=1S/C6H9N3.2C2H6/c1-2-7-3-5-4-8-9-6(1)5;2*1-2/h4,7H,1-3H2,(H,8,9);2*1-2H3. The molecule has 1 aliphatic heterocycles. The molecule has 2 N–H and O–H groups in total. The Kier molecular flexibility index (Phi) is 7.30. The molecule has 0 amide bonds. The predicted octanol–water partition coefficient (Wildman–Crippen LogP) is 2.11. The fourth-order valence-corrected chi connectivity index (χ4v) is 1.14. The molecule has 76 valence electrons. The zero-order valence-corrected chi connectivity index (χ0v) is 9.15. The van der Waals surface area contributed by atoms with Crippen molar-refractivity contribution in [3.63, 3.8) is 0 Å². The lowest BCUT2D eigenvalue weighted by atomic mass is 10.1. The molecule has 3 heteroatoms. The van der Waals surface area contributed by atoms with E-state index in [1.54, 1.807) is 0 Å². The highest BCUT2D eigenvalue weighted by atomic mass is 15.1. The van der Waals surface area contributed by atoms with Crippen molar-refractivity contribution in [3.05, 3.63) is 17.5 Å². The second-order valence-corrected chi connectivity index (χ2v) is 2.30. The molecule has 2 heterocycles. The maximum absolute atomic E-state index is 3.94. The molecule has 0 radical (unpaired) electrons. The minimum absolute atomic E-state index is 0.978. The van der Waals surface area contributed by atoms with Crippen molar-refractivity contribution in [1.82, 2.24) is 15.5 Å². The van der Waals surface area contributed by atoms with Crippen LogP contribution in [0, 0.1) is 0 Å². The first-order valence-corrected chi connectivity index (χ1v) is 5.18. The summed E-state index contributed by atoms with van der Waals surface area (Å²) in [5.74, 6) is 0. The average Bonchev–Trinajstić information content (AvgIpc) is 2.71. The summed E-state index contributed by atoms with van der Waals surface area (Å²) in [6.07, 6.45) is 2.98. The van der Waals surface area contributed by atoms with Crippen LogP contribution >= 0.6 is 0 Å². The smallest absolute Gasteiger partial charge is 0.0535 e. The van der Waals surface area contributed by atoms with Gasteiger partial charge < -0.3 is 5.32 Å². The summed E-state index contributed by atoms with van der Waals surface area (Å²) >= 11 is 0. The summed E-state index contributed by atoms with van der Waals surface area (Å²) in [6.45, 7) is 10.1. The summed E-state index contributed by atoms with van der Waals surface area (Å²) in [5, 5.41) is 10.2. The van der Waals surface area contributed by atoms with Crippen LogP contribution in [0.5, 0.6) is 0 Å². The molecule has 0 atom stereocenters. The van der Waals surface area contributed by atoms with Gasteiger partial charge in [-0.2, -0.15) is 5.10 Å². The Balaban J connectivity index is 0.000000322. The summed E-state index contributed by atoms with van der Waals surface area (Å²) in [6, 6.07) is 0. The topological polar surface area (TPSA) is 40.7 Å². The molecule has 0 aliphatic carbocycles. The number of aromatic amines is 1. The van der Waals surface area contributed by atoms with Gasteiger partial charge in [-0.3, -0.25) is 5.10 Å². The number of hydrogen-bond donors (Lipinski definition) is 2. The molecule has 0 bridgehead atoms. The SMILES string of the molecule is CC.CC.c1n[nH]c2c1CNCC2. The van der Waals surface area contributed by atoms with Gasteiger partial charge in [-0.05, 0) is 0 Å². The largest absolute Gasteiger partial charge is 0.312 e. The van der Waals surface area contributed by atoms with Crippen LogP contribution in [0.3, 0.4) is 0 Å². The molecular formula is C10H21N3. The fraction of sp³-hybridized carbons (Fsp3) is 0.700. The number of H-pyrrole nitrogens is 1. The second kappa shape index (κ2) is 7.80. The van der Waals surface area contributed by atoms with E-state index in [9.17, 15) is 0 Å². The molecule has 2 rings (SSSR count). The minimum atomic E-state index is 0.978. The first-order chi connectivity index (χ1) is 6.47. The van der Waals surface area contributed by atoms with Crippen molar-refractivity contribution >= 4 is 0 Å². The van der Waals surface area contributed by atoms with E-state index < -0.39 is 0 Å². The van der Waals surface area contributed by atoms with Crippen molar-refractivity contribution in [2.75, 3.05) is 6.54 Å². The third-order valence-corrected chi connectivity index (χ3v) is 1.67. The lowest BCUT2D eigenvalue weighted by Gasteiger charge is -2.10. The van der Waals surface area contributed by atoms with Gasteiger partial charge in [0.1, 0.15) is 0 Å². The maximum Gasteiger partial charge on any atom is 0.0535 e. The molecular weight excluding hydrogens is 162 g/mol. The number of aromatic nitrogens is 2. The highest BCUT2D eigenvalue weighted by Crippen LogP contribution is 2.07. The van der Waals surface area contributed by atoms with E-state index in [2.05, 4.69) is 15.5 Å². The molecule has 13 heavy (non-hydrogen) atoms. The first-order valence-electron chi connectivity index (χ1n) is 5.18. The number of fused-ring (bicyclic) bond motifs is 1. The van der Waals surface area contributed by atoms with Gasteiger partial charge in [-0.25, -0.2) is 0 Å². The van der Waals surface area contributed by atoms with Crippen LogP contribution in [0.2, 0.25) is 0 Å². The number of hydrogen-bond acceptors (Lipinski definition) is 2. The Bertz CT molecular complexity index is 185. The van der Waals surface area contributed by atoms with Crippen LogP contribution in [-0.4, -0.2) is 16.7 Å². The number of nitrogens with zero attached hydrogens (tertiary/aromatic N) is 1. The van der Waals surface area contributed by atoms with Gasteiger partial charge in [-0.1, -0.05) is 27.7 Å². The second-order valence-electron chi connectivity index (χ2n) is 2.30. The van der Waals surface area contributed by atoms with Gasteiger partial charge in [0, 0.05) is 30.8 Å². The van der Waals surface area contributed by atoms with Crippen LogP contribution in [0.25, 0.3) is 0 Å². The molecule has 1 aromatic heterocycles. The van der Waals surface area contributed by atoms with Crippen LogP contribution in [0.4, 0.5) is 0 Å². The van der Waals surface area contributed by atoms with E-state index in [4.69, 9.17) is 0 Å². The van der Waals surface area contributed by atoms with Crippen molar-refractivity contribution in [2.45, 2.75) is 40.7 Å². The summed E-state index contributed by atoms with van der Waals surface area (Å²) in [4.78, 5) is 0. The highest BCUT2D eigenvalue weighted by molar-refractivity contribution is 5.18. The van der Waals surface area contributed by atoms with E-state index in [-0.39, 0.29) is 0 Å². The van der Waals surface area contributed by atoms with Gasteiger partial charge in [0.05, 0.1) is 6.20 Å². The van der Waals surface area contributed by atoms with Gasteiger partial charge in [0.2, 0.25) is 0 Å². The van der Waals surface area contributed by atoms with Crippen molar-refractivity contribution in [3.8, 4) is 0 Å². The lowest BCUT2D eigenvalue weighted by molar-refractivity contribution is 0.637. The molecule has 0 saturated heterocycles. The average molecular weight is 183 g/mol. The quantitative estimate of drug-likeness (QED) is 0.646. The summed E-state index contributed by atoms with van der Waals surface area (Å²) in [7, 11) is 0. The first kappa shape index (κ1) is 12.2. The Morgan fingerprint density at radius 2 is 1.92 bits per heavy atom. The van der Waals surface area contributed by atoms with E-state index in [0.29, 0.717) is 0 Å². The fourth-order valence-electron chi connectivity index (χ4n) is 1.14. The van der Waals surface area contributed by atoms with Crippen molar-refractivity contribution in [1.29, 1.82) is 0 Å².